The van der Waals surface area contributed by atoms with Gasteiger partial charge in [0.2, 0.25) is 10.0 Å². The van der Waals surface area contributed by atoms with Gasteiger partial charge in [-0.25, -0.2) is 13.1 Å². The van der Waals surface area contributed by atoms with Crippen LogP contribution in [0.3, 0.4) is 0 Å². The van der Waals surface area contributed by atoms with Crippen LogP contribution in [0.5, 0.6) is 5.75 Å². The fourth-order valence-electron chi connectivity index (χ4n) is 1.72. The van der Waals surface area contributed by atoms with Crippen LogP contribution >= 0.6 is 0 Å². The van der Waals surface area contributed by atoms with Crippen molar-refractivity contribution in [1.29, 1.82) is 0 Å². The number of methoxy groups -OCH3 is 1. The number of ether oxygens (including phenoxy) is 1. The van der Waals surface area contributed by atoms with Crippen molar-refractivity contribution in [2.45, 2.75) is 37.6 Å². The van der Waals surface area contributed by atoms with E-state index in [9.17, 15) is 8.42 Å². The minimum Gasteiger partial charge on any atom is -0.497 e. The van der Waals surface area contributed by atoms with E-state index in [0.717, 1.165) is 0 Å². The van der Waals surface area contributed by atoms with E-state index in [1.807, 2.05) is 0 Å². The summed E-state index contributed by atoms with van der Waals surface area (Å²) in [6.07, 6.45) is 0.261. The normalized spacial score (nSPS) is 12.5. The topological polar surface area (TPSA) is 75.6 Å². The van der Waals surface area contributed by atoms with Gasteiger partial charge in [-0.05, 0) is 51.0 Å². The number of nitrogens with one attached hydrogen (secondary N) is 1. The van der Waals surface area contributed by atoms with Gasteiger partial charge in [-0.2, -0.15) is 0 Å². The van der Waals surface area contributed by atoms with E-state index in [1.54, 1.807) is 32.9 Å². The fourth-order valence-corrected chi connectivity index (χ4v) is 3.39. The summed E-state index contributed by atoms with van der Waals surface area (Å²) in [5, 5.41) is 9.05. The SMILES string of the molecule is COc1ccc(S(=O)(=O)NC(C)(C)C)c(CCO)c1. The van der Waals surface area contributed by atoms with E-state index >= 15 is 0 Å². The molecule has 0 saturated carbocycles. The maximum absolute atomic E-state index is 12.3. The average molecular weight is 287 g/mol. The zero-order valence-electron chi connectivity index (χ0n) is 11.7. The van der Waals surface area contributed by atoms with Gasteiger partial charge in [0.05, 0.1) is 12.0 Å². The summed E-state index contributed by atoms with van der Waals surface area (Å²) in [5.41, 5.74) is -0.0199. The standard InChI is InChI=1S/C13H21NO4S/c1-13(2,3)14-19(16,17)12-6-5-11(18-4)9-10(12)7-8-15/h5-6,9,14-15H,7-8H2,1-4H3. The Labute approximate surface area is 114 Å². The van der Waals surface area contributed by atoms with E-state index in [1.165, 1.54) is 13.2 Å². The van der Waals surface area contributed by atoms with Gasteiger partial charge in [0.25, 0.3) is 0 Å². The second kappa shape index (κ2) is 5.90. The molecule has 1 aromatic rings. The van der Waals surface area contributed by atoms with E-state index in [2.05, 4.69) is 4.72 Å². The lowest BCUT2D eigenvalue weighted by Gasteiger charge is -2.21. The lowest BCUT2D eigenvalue weighted by molar-refractivity contribution is 0.298. The zero-order chi connectivity index (χ0) is 14.7. The Bertz CT molecular complexity index is 532. The van der Waals surface area contributed by atoms with Gasteiger partial charge in [0, 0.05) is 12.1 Å². The largest absolute Gasteiger partial charge is 0.497 e. The Morgan fingerprint density at radius 3 is 2.42 bits per heavy atom. The lowest BCUT2D eigenvalue weighted by Crippen LogP contribution is -2.40. The van der Waals surface area contributed by atoms with Crippen LogP contribution in [0.1, 0.15) is 26.3 Å². The molecular weight excluding hydrogens is 266 g/mol. The monoisotopic (exact) mass is 287 g/mol. The van der Waals surface area contributed by atoms with Crippen LogP contribution in [-0.2, 0) is 16.4 Å². The average Bonchev–Trinajstić information content (AvgIpc) is 2.25. The quantitative estimate of drug-likeness (QED) is 0.856. The molecule has 108 valence electrons. The van der Waals surface area contributed by atoms with Gasteiger partial charge >= 0.3 is 0 Å². The molecule has 0 heterocycles. The molecule has 0 aliphatic heterocycles. The van der Waals surface area contributed by atoms with Crippen LogP contribution in [0.2, 0.25) is 0 Å². The maximum Gasteiger partial charge on any atom is 0.241 e. The first-order chi connectivity index (χ1) is 8.69. The van der Waals surface area contributed by atoms with Crippen LogP contribution in [0.25, 0.3) is 0 Å². The third kappa shape index (κ3) is 4.49. The summed E-state index contributed by atoms with van der Waals surface area (Å²) in [6, 6.07) is 4.73. The summed E-state index contributed by atoms with van der Waals surface area (Å²) in [4.78, 5) is 0.178. The highest BCUT2D eigenvalue weighted by atomic mass is 32.2. The van der Waals surface area contributed by atoms with Crippen molar-refractivity contribution in [1.82, 2.24) is 4.72 Å². The molecule has 2 N–H and O–H groups in total. The van der Waals surface area contributed by atoms with E-state index in [0.29, 0.717) is 11.3 Å². The minimum atomic E-state index is -3.61. The van der Waals surface area contributed by atoms with Gasteiger partial charge in [0.1, 0.15) is 5.75 Å². The van der Waals surface area contributed by atoms with Crippen LogP contribution in [0.4, 0.5) is 0 Å². The molecule has 0 spiro atoms. The Hall–Kier alpha value is -1.11. The zero-order valence-corrected chi connectivity index (χ0v) is 12.5. The second-order valence-electron chi connectivity index (χ2n) is 5.30. The minimum absolute atomic E-state index is 0.120. The maximum atomic E-state index is 12.3. The van der Waals surface area contributed by atoms with Gasteiger partial charge in [0.15, 0.2) is 0 Å². The number of rotatable bonds is 5. The van der Waals surface area contributed by atoms with Gasteiger partial charge in [-0.15, -0.1) is 0 Å². The lowest BCUT2D eigenvalue weighted by atomic mass is 10.1. The Kier molecular flexibility index (Phi) is 4.95. The highest BCUT2D eigenvalue weighted by Gasteiger charge is 2.24. The molecule has 0 aliphatic rings. The first-order valence-corrected chi connectivity index (χ1v) is 7.49. The molecule has 0 fully saturated rings. The van der Waals surface area contributed by atoms with Gasteiger partial charge in [-0.1, -0.05) is 0 Å². The molecular formula is C13H21NO4S. The Morgan fingerprint density at radius 1 is 1.32 bits per heavy atom. The summed E-state index contributed by atoms with van der Waals surface area (Å²) in [6.45, 7) is 5.21. The summed E-state index contributed by atoms with van der Waals surface area (Å²) in [5.74, 6) is 0.568. The Morgan fingerprint density at radius 2 is 1.95 bits per heavy atom. The molecule has 0 atom stereocenters. The fraction of sp³-hybridized carbons (Fsp3) is 0.538. The Balaban J connectivity index is 3.25. The number of sulfonamides is 1. The van der Waals surface area contributed by atoms with Crippen molar-refractivity contribution in [3.05, 3.63) is 23.8 Å². The summed E-state index contributed by atoms with van der Waals surface area (Å²) < 4.78 is 32.3. The van der Waals surface area contributed by atoms with Crippen molar-refractivity contribution in [3.8, 4) is 5.75 Å². The molecule has 1 rings (SSSR count). The number of hydrogen-bond donors (Lipinski definition) is 2. The van der Waals surface area contributed by atoms with Crippen LogP contribution < -0.4 is 9.46 Å². The second-order valence-corrected chi connectivity index (χ2v) is 6.95. The predicted octanol–water partition coefficient (Wildman–Crippen LogP) is 1.31. The number of aliphatic hydroxyl groups excluding tert-OH is 1. The van der Waals surface area contributed by atoms with Crippen molar-refractivity contribution in [2.24, 2.45) is 0 Å². The molecule has 0 saturated heterocycles. The highest BCUT2D eigenvalue weighted by molar-refractivity contribution is 7.89. The summed E-state index contributed by atoms with van der Waals surface area (Å²) >= 11 is 0. The molecule has 0 aromatic heterocycles. The molecule has 0 unspecified atom stereocenters. The number of aliphatic hydroxyl groups is 1. The van der Waals surface area contributed by atoms with Crippen molar-refractivity contribution in [3.63, 3.8) is 0 Å². The van der Waals surface area contributed by atoms with Crippen LogP contribution in [0.15, 0.2) is 23.1 Å². The van der Waals surface area contributed by atoms with E-state index in [-0.39, 0.29) is 17.9 Å². The molecule has 1 aromatic carbocycles. The highest BCUT2D eigenvalue weighted by Crippen LogP contribution is 2.23. The first-order valence-electron chi connectivity index (χ1n) is 6.01. The summed E-state index contributed by atoms with van der Waals surface area (Å²) in [7, 11) is -2.10. The number of hydrogen-bond acceptors (Lipinski definition) is 4. The molecule has 0 bridgehead atoms. The molecule has 5 nitrogen and oxygen atoms in total. The third-order valence-corrected chi connectivity index (χ3v) is 4.24. The number of benzene rings is 1. The van der Waals surface area contributed by atoms with Crippen LogP contribution in [-0.4, -0.2) is 32.8 Å². The van der Waals surface area contributed by atoms with Crippen molar-refractivity contribution < 1.29 is 18.3 Å². The molecule has 19 heavy (non-hydrogen) atoms. The molecule has 0 radical (unpaired) electrons. The third-order valence-electron chi connectivity index (χ3n) is 2.38. The van der Waals surface area contributed by atoms with E-state index < -0.39 is 15.6 Å². The smallest absolute Gasteiger partial charge is 0.241 e. The predicted molar refractivity (Wildman–Crippen MR) is 73.9 cm³/mol. The molecule has 6 heteroatoms. The van der Waals surface area contributed by atoms with Crippen LogP contribution in [0, 0.1) is 0 Å². The van der Waals surface area contributed by atoms with Gasteiger partial charge < -0.3 is 9.84 Å². The van der Waals surface area contributed by atoms with Gasteiger partial charge in [-0.3, -0.25) is 0 Å². The van der Waals surface area contributed by atoms with Crippen molar-refractivity contribution in [2.75, 3.05) is 13.7 Å². The molecule has 0 amide bonds. The first kappa shape index (κ1) is 15.9. The van der Waals surface area contributed by atoms with E-state index in [4.69, 9.17) is 9.84 Å². The molecule has 0 aliphatic carbocycles. The van der Waals surface area contributed by atoms with Crippen molar-refractivity contribution >= 4 is 10.0 Å².